The van der Waals surface area contributed by atoms with Crippen molar-refractivity contribution in [1.29, 1.82) is 0 Å². The molecule has 0 aromatic carbocycles. The van der Waals surface area contributed by atoms with Gasteiger partial charge < -0.3 is 26.4 Å². The lowest BCUT2D eigenvalue weighted by molar-refractivity contribution is -0.0469. The molecule has 3 heterocycles. The molecule has 0 saturated carbocycles. The normalized spacial score (nSPS) is 26.6. The van der Waals surface area contributed by atoms with Crippen molar-refractivity contribution in [2.24, 2.45) is 5.73 Å². The number of hydrogen-bond acceptors (Lipinski definition) is 11. The van der Waals surface area contributed by atoms with Crippen LogP contribution in [0.5, 0.6) is 0 Å². The van der Waals surface area contributed by atoms with E-state index in [9.17, 15) is 18.6 Å². The topological polar surface area (TPSA) is 201 Å². The van der Waals surface area contributed by atoms with Gasteiger partial charge in [-0.05, 0) is 0 Å². The molecule has 2 aromatic rings. The number of hydrogen-bond donors (Lipinski definition) is 5. The van der Waals surface area contributed by atoms with Crippen LogP contribution in [-0.2, 0) is 19.2 Å². The van der Waals surface area contributed by atoms with Gasteiger partial charge in [-0.25, -0.2) is 15.0 Å². The third kappa shape index (κ3) is 3.61. The monoisotopic (exact) mass is 389 g/mol. The van der Waals surface area contributed by atoms with Crippen LogP contribution in [0.3, 0.4) is 0 Å². The molecule has 144 valence electrons. The first kappa shape index (κ1) is 18.8. The van der Waals surface area contributed by atoms with Crippen molar-refractivity contribution in [2.45, 2.75) is 24.5 Å². The lowest BCUT2D eigenvalue weighted by Crippen LogP contribution is -2.37. The maximum absolute atomic E-state index is 11.6. The van der Waals surface area contributed by atoms with Gasteiger partial charge in [0.05, 0.1) is 12.9 Å². The Labute approximate surface area is 148 Å². The zero-order valence-corrected chi connectivity index (χ0v) is 14.3. The Bertz CT molecular complexity index is 874. The average molecular weight is 389 g/mol. The highest BCUT2D eigenvalue weighted by Crippen LogP contribution is 2.32. The predicted octanol–water partition coefficient (Wildman–Crippen LogP) is -3.16. The second-order valence-electron chi connectivity index (χ2n) is 5.55. The smallest absolute Gasteiger partial charge is 0.335 e. The van der Waals surface area contributed by atoms with E-state index in [2.05, 4.69) is 19.7 Å². The van der Waals surface area contributed by atoms with Crippen molar-refractivity contribution in [3.8, 4) is 0 Å². The Hall–Kier alpha value is -1.94. The van der Waals surface area contributed by atoms with Gasteiger partial charge in [0.25, 0.3) is 0 Å². The number of aromatic nitrogens is 4. The molecule has 14 heteroatoms. The van der Waals surface area contributed by atoms with Crippen LogP contribution in [0.15, 0.2) is 12.7 Å². The highest BCUT2D eigenvalue weighted by molar-refractivity contribution is 7.84. The minimum absolute atomic E-state index is 0.00378. The summed E-state index contributed by atoms with van der Waals surface area (Å²) in [5.74, 6) is 0.152. The molecular weight excluding hydrogens is 370 g/mol. The van der Waals surface area contributed by atoms with E-state index in [1.54, 1.807) is 0 Å². The van der Waals surface area contributed by atoms with Gasteiger partial charge in [0, 0.05) is 13.1 Å². The Morgan fingerprint density at radius 3 is 2.81 bits per heavy atom. The van der Waals surface area contributed by atoms with Gasteiger partial charge in [0.15, 0.2) is 17.7 Å². The molecule has 1 fully saturated rings. The maximum atomic E-state index is 11.6. The van der Waals surface area contributed by atoms with Gasteiger partial charge in [-0.2, -0.15) is 13.1 Å². The van der Waals surface area contributed by atoms with Gasteiger partial charge in [0.2, 0.25) is 0 Å². The van der Waals surface area contributed by atoms with Crippen LogP contribution in [-0.4, -0.2) is 76.2 Å². The Balaban J connectivity index is 1.74. The van der Waals surface area contributed by atoms with Gasteiger partial charge in [0.1, 0.15) is 30.2 Å². The van der Waals surface area contributed by atoms with E-state index in [4.69, 9.17) is 20.4 Å². The van der Waals surface area contributed by atoms with Crippen molar-refractivity contribution in [2.75, 3.05) is 25.4 Å². The number of aliphatic hydroxyl groups excluding tert-OH is 2. The molecule has 26 heavy (non-hydrogen) atoms. The van der Waals surface area contributed by atoms with Crippen molar-refractivity contribution in [1.82, 2.24) is 24.2 Å². The third-order valence-electron chi connectivity index (χ3n) is 3.81. The number of aliphatic hydroxyl groups is 2. The fraction of sp³-hybridized carbons (Fsp3) is 0.583. The predicted molar refractivity (Wildman–Crippen MR) is 87.6 cm³/mol. The molecule has 4 atom stereocenters. The van der Waals surface area contributed by atoms with Crippen LogP contribution in [0, 0.1) is 0 Å². The summed E-state index contributed by atoms with van der Waals surface area (Å²) in [6.45, 7) is -0.396. The molecule has 1 saturated heterocycles. The molecule has 0 bridgehead atoms. The zero-order valence-electron chi connectivity index (χ0n) is 13.5. The second kappa shape index (κ2) is 7.36. The molecule has 0 aliphatic carbocycles. The van der Waals surface area contributed by atoms with Crippen LogP contribution in [0.2, 0.25) is 0 Å². The largest absolute Gasteiger partial charge is 0.387 e. The van der Waals surface area contributed by atoms with Crippen LogP contribution >= 0.6 is 0 Å². The number of fused-ring (bicyclic) bond motifs is 1. The highest BCUT2D eigenvalue weighted by atomic mass is 32.2. The summed E-state index contributed by atoms with van der Waals surface area (Å²) < 4.78 is 37.0. The summed E-state index contributed by atoms with van der Waals surface area (Å²) in [6.07, 6.45) is -2.35. The van der Waals surface area contributed by atoms with Crippen LogP contribution in [0.4, 0.5) is 5.82 Å². The number of imidazole rings is 1. The van der Waals surface area contributed by atoms with Gasteiger partial charge >= 0.3 is 10.3 Å². The summed E-state index contributed by atoms with van der Waals surface area (Å²) in [7, 11) is -4.04. The SMILES string of the molecule is NCCNS(=O)(=O)OC[C@H]1O[C@@H](n2cnc3c(N)ncnc32)[C@H](O)[C@@H]1O. The minimum Gasteiger partial charge on any atom is -0.387 e. The number of anilines is 1. The quantitative estimate of drug-likeness (QED) is 0.320. The highest BCUT2D eigenvalue weighted by Gasteiger charge is 2.45. The van der Waals surface area contributed by atoms with E-state index in [1.807, 2.05) is 0 Å². The minimum atomic E-state index is -4.04. The molecule has 0 unspecified atom stereocenters. The number of nitrogens with two attached hydrogens (primary N) is 2. The molecule has 13 nitrogen and oxygen atoms in total. The van der Waals surface area contributed by atoms with E-state index in [1.165, 1.54) is 17.2 Å². The van der Waals surface area contributed by atoms with Crippen molar-refractivity contribution < 1.29 is 27.6 Å². The Morgan fingerprint density at radius 2 is 2.08 bits per heavy atom. The maximum Gasteiger partial charge on any atom is 0.335 e. The molecule has 0 spiro atoms. The number of rotatable bonds is 7. The fourth-order valence-corrected chi connectivity index (χ4v) is 3.30. The summed E-state index contributed by atoms with van der Waals surface area (Å²) in [5.41, 5.74) is 11.5. The van der Waals surface area contributed by atoms with Crippen LogP contribution < -0.4 is 16.2 Å². The molecule has 0 amide bonds. The first-order valence-corrected chi connectivity index (χ1v) is 9.03. The van der Waals surface area contributed by atoms with Crippen molar-refractivity contribution >= 4 is 27.3 Å². The molecule has 1 aliphatic rings. The van der Waals surface area contributed by atoms with E-state index in [0.29, 0.717) is 11.2 Å². The Kier molecular flexibility index (Phi) is 5.33. The summed E-state index contributed by atoms with van der Waals surface area (Å²) >= 11 is 0. The standard InChI is InChI=1S/C12H19N7O6S/c13-1-2-18-26(22,23)24-3-6-8(20)9(21)12(25-6)19-5-17-7-10(14)15-4-16-11(7)19/h4-6,8-9,12,18,20-21H,1-3,13H2,(H2,14,15,16)/t6-,8-,9-,12-/m1/s1. The lowest BCUT2D eigenvalue weighted by Gasteiger charge is -2.16. The van der Waals surface area contributed by atoms with Crippen LogP contribution in [0.1, 0.15) is 6.23 Å². The van der Waals surface area contributed by atoms with Gasteiger partial charge in [-0.15, -0.1) is 0 Å². The summed E-state index contributed by atoms with van der Waals surface area (Å²) in [4.78, 5) is 11.9. The van der Waals surface area contributed by atoms with E-state index in [0.717, 1.165) is 0 Å². The van der Waals surface area contributed by atoms with Crippen LogP contribution in [0.25, 0.3) is 11.2 Å². The molecule has 3 rings (SSSR count). The van der Waals surface area contributed by atoms with Crippen molar-refractivity contribution in [3.63, 3.8) is 0 Å². The number of nitrogen functional groups attached to an aromatic ring is 1. The molecule has 1 aliphatic heterocycles. The Morgan fingerprint density at radius 1 is 1.31 bits per heavy atom. The lowest BCUT2D eigenvalue weighted by atomic mass is 10.1. The van der Waals surface area contributed by atoms with Gasteiger partial charge in [-0.3, -0.25) is 8.75 Å². The number of nitrogens with zero attached hydrogens (tertiary/aromatic N) is 4. The molecule has 2 aromatic heterocycles. The third-order valence-corrected chi connectivity index (χ3v) is 4.81. The fourth-order valence-electron chi connectivity index (χ4n) is 2.54. The van der Waals surface area contributed by atoms with Gasteiger partial charge in [-0.1, -0.05) is 0 Å². The second-order valence-corrected chi connectivity index (χ2v) is 6.98. The average Bonchev–Trinajstić information content (AvgIpc) is 3.15. The number of ether oxygens (including phenoxy) is 1. The zero-order chi connectivity index (χ0) is 18.9. The first-order chi connectivity index (χ1) is 12.3. The summed E-state index contributed by atoms with van der Waals surface area (Å²) in [6, 6.07) is 0. The molecular formula is C12H19N7O6S. The van der Waals surface area contributed by atoms with Crippen molar-refractivity contribution in [3.05, 3.63) is 12.7 Å². The molecule has 0 radical (unpaired) electrons. The van der Waals surface area contributed by atoms with E-state index >= 15 is 0 Å². The summed E-state index contributed by atoms with van der Waals surface area (Å²) in [5, 5.41) is 20.4. The molecule has 7 N–H and O–H groups in total. The first-order valence-electron chi connectivity index (χ1n) is 7.62. The van der Waals surface area contributed by atoms with E-state index < -0.39 is 41.5 Å². The van der Waals surface area contributed by atoms with E-state index in [-0.39, 0.29) is 18.9 Å². The number of nitrogens with one attached hydrogen (secondary N) is 1.